The van der Waals surface area contributed by atoms with Gasteiger partial charge in [-0.2, -0.15) is 0 Å². The summed E-state index contributed by atoms with van der Waals surface area (Å²) in [7, 11) is 0. The first-order valence-electron chi connectivity index (χ1n) is 5.02. The Balaban J connectivity index is 2.34. The molecule has 15 heavy (non-hydrogen) atoms. The molecule has 1 saturated heterocycles. The summed E-state index contributed by atoms with van der Waals surface area (Å²) < 4.78 is 9.83. The third kappa shape index (κ3) is 4.67. The van der Waals surface area contributed by atoms with Gasteiger partial charge in [-0.05, 0) is 20.8 Å². The van der Waals surface area contributed by atoms with Gasteiger partial charge < -0.3 is 14.8 Å². The Kier molecular flexibility index (Phi) is 3.55. The van der Waals surface area contributed by atoms with Crippen LogP contribution in [-0.2, 0) is 14.3 Å². The predicted octanol–water partition coefficient (Wildman–Crippen LogP) is 1.22. The van der Waals surface area contributed by atoms with Gasteiger partial charge in [0.15, 0.2) is 0 Å². The molecule has 5 heteroatoms. The van der Waals surface area contributed by atoms with Crippen LogP contribution in [0.25, 0.3) is 0 Å². The second-order valence-electron chi connectivity index (χ2n) is 4.56. The monoisotopic (exact) mass is 215 g/mol. The minimum atomic E-state index is -0.515. The number of esters is 1. The van der Waals surface area contributed by atoms with Crippen molar-refractivity contribution in [3.05, 3.63) is 0 Å². The molecule has 1 N–H and O–H groups in total. The van der Waals surface area contributed by atoms with Crippen LogP contribution in [0, 0.1) is 0 Å². The number of hydrogen-bond donors (Lipinski definition) is 1. The molecule has 0 aliphatic carbocycles. The van der Waals surface area contributed by atoms with E-state index in [-0.39, 0.29) is 18.4 Å². The predicted molar refractivity (Wildman–Crippen MR) is 53.4 cm³/mol. The Morgan fingerprint density at radius 1 is 1.53 bits per heavy atom. The summed E-state index contributed by atoms with van der Waals surface area (Å²) in [5.74, 6) is -0.276. The van der Waals surface area contributed by atoms with Crippen molar-refractivity contribution in [1.29, 1.82) is 0 Å². The van der Waals surface area contributed by atoms with E-state index in [1.807, 2.05) is 0 Å². The smallest absolute Gasteiger partial charge is 0.407 e. The van der Waals surface area contributed by atoms with Gasteiger partial charge in [-0.1, -0.05) is 0 Å². The first-order valence-corrected chi connectivity index (χ1v) is 5.02. The molecule has 0 aromatic carbocycles. The van der Waals surface area contributed by atoms with Crippen LogP contribution in [0.4, 0.5) is 4.79 Å². The number of carbonyl (C=O) groups excluding carboxylic acids is 2. The fraction of sp³-hybridized carbons (Fsp3) is 0.800. The van der Waals surface area contributed by atoms with E-state index in [2.05, 4.69) is 5.32 Å². The van der Waals surface area contributed by atoms with Crippen LogP contribution in [0.3, 0.4) is 0 Å². The van der Waals surface area contributed by atoms with Crippen LogP contribution in [-0.4, -0.2) is 30.3 Å². The van der Waals surface area contributed by atoms with Gasteiger partial charge in [0, 0.05) is 12.5 Å². The SMILES string of the molecule is CC(C)(C)OC(=O)NC1CCOC(=O)C1. The third-order valence-electron chi connectivity index (χ3n) is 1.86. The van der Waals surface area contributed by atoms with E-state index in [1.165, 1.54) is 0 Å². The first-order chi connectivity index (χ1) is 6.87. The Morgan fingerprint density at radius 2 is 2.20 bits per heavy atom. The number of cyclic esters (lactones) is 1. The van der Waals surface area contributed by atoms with Crippen LogP contribution >= 0.6 is 0 Å². The summed E-state index contributed by atoms with van der Waals surface area (Å²) in [6.07, 6.45) is 0.381. The van der Waals surface area contributed by atoms with Crippen molar-refractivity contribution in [3.63, 3.8) is 0 Å². The lowest BCUT2D eigenvalue weighted by Gasteiger charge is -2.25. The molecule has 1 fully saturated rings. The lowest BCUT2D eigenvalue weighted by atomic mass is 10.1. The van der Waals surface area contributed by atoms with E-state index in [0.717, 1.165) is 0 Å². The van der Waals surface area contributed by atoms with Crippen LogP contribution in [0.1, 0.15) is 33.6 Å². The highest BCUT2D eigenvalue weighted by Crippen LogP contribution is 2.10. The van der Waals surface area contributed by atoms with E-state index in [9.17, 15) is 9.59 Å². The summed E-state index contributed by atoms with van der Waals surface area (Å²) in [6, 6.07) is -0.166. The summed E-state index contributed by atoms with van der Waals surface area (Å²) in [5, 5.41) is 2.64. The molecule has 0 bridgehead atoms. The van der Waals surface area contributed by atoms with E-state index < -0.39 is 11.7 Å². The first kappa shape index (κ1) is 11.8. The van der Waals surface area contributed by atoms with Crippen LogP contribution in [0.5, 0.6) is 0 Å². The molecule has 5 nitrogen and oxygen atoms in total. The van der Waals surface area contributed by atoms with Crippen molar-refractivity contribution >= 4 is 12.1 Å². The molecule has 1 aliphatic heterocycles. The Labute approximate surface area is 89.1 Å². The molecule has 0 saturated carbocycles. The fourth-order valence-corrected chi connectivity index (χ4v) is 1.27. The Bertz CT molecular complexity index is 257. The standard InChI is InChI=1S/C10H17NO4/c1-10(2,3)15-9(13)11-7-4-5-14-8(12)6-7/h7H,4-6H2,1-3H3,(H,11,13). The topological polar surface area (TPSA) is 64.6 Å². The lowest BCUT2D eigenvalue weighted by Crippen LogP contribution is -2.43. The normalized spacial score (nSPS) is 21.8. The van der Waals surface area contributed by atoms with E-state index in [0.29, 0.717) is 13.0 Å². The second-order valence-corrected chi connectivity index (χ2v) is 4.56. The summed E-state index contributed by atoms with van der Waals surface area (Å²) in [4.78, 5) is 22.3. The number of carbonyl (C=O) groups is 2. The second kappa shape index (κ2) is 4.51. The molecule has 0 aromatic heterocycles. The molecule has 1 amide bonds. The zero-order valence-electron chi connectivity index (χ0n) is 9.33. The molecule has 0 aromatic rings. The highest BCUT2D eigenvalue weighted by molar-refractivity contribution is 5.73. The molecule has 1 atom stereocenters. The van der Waals surface area contributed by atoms with Crippen molar-refractivity contribution in [2.75, 3.05) is 6.61 Å². The summed E-state index contributed by atoms with van der Waals surface area (Å²) in [5.41, 5.74) is -0.515. The molecule has 1 aliphatic rings. The Hall–Kier alpha value is -1.26. The summed E-state index contributed by atoms with van der Waals surface area (Å²) in [6.45, 7) is 5.74. The van der Waals surface area contributed by atoms with Crippen molar-refractivity contribution in [2.24, 2.45) is 0 Å². The number of nitrogens with one attached hydrogen (secondary N) is 1. The number of alkyl carbamates (subject to hydrolysis) is 1. The fourth-order valence-electron chi connectivity index (χ4n) is 1.27. The zero-order valence-corrected chi connectivity index (χ0v) is 9.33. The molecular weight excluding hydrogens is 198 g/mol. The summed E-state index contributed by atoms with van der Waals surface area (Å²) >= 11 is 0. The lowest BCUT2D eigenvalue weighted by molar-refractivity contribution is -0.147. The Morgan fingerprint density at radius 3 is 2.73 bits per heavy atom. The number of hydrogen-bond acceptors (Lipinski definition) is 4. The molecule has 0 spiro atoms. The minimum absolute atomic E-state index is 0.166. The average Bonchev–Trinajstić information content (AvgIpc) is 1.99. The highest BCUT2D eigenvalue weighted by atomic mass is 16.6. The van der Waals surface area contributed by atoms with Gasteiger partial charge >= 0.3 is 12.1 Å². The number of ether oxygens (including phenoxy) is 2. The van der Waals surface area contributed by atoms with Gasteiger partial charge in [0.05, 0.1) is 13.0 Å². The zero-order chi connectivity index (χ0) is 11.5. The van der Waals surface area contributed by atoms with Gasteiger partial charge in [-0.15, -0.1) is 0 Å². The molecule has 1 unspecified atom stereocenters. The quantitative estimate of drug-likeness (QED) is 0.668. The van der Waals surface area contributed by atoms with Crippen molar-refractivity contribution in [1.82, 2.24) is 5.32 Å². The largest absolute Gasteiger partial charge is 0.466 e. The van der Waals surface area contributed by atoms with Crippen molar-refractivity contribution in [3.8, 4) is 0 Å². The van der Waals surface area contributed by atoms with Gasteiger partial charge in [-0.25, -0.2) is 4.79 Å². The van der Waals surface area contributed by atoms with Crippen LogP contribution in [0.2, 0.25) is 0 Å². The number of amides is 1. The molecule has 1 heterocycles. The van der Waals surface area contributed by atoms with Gasteiger partial charge in [0.25, 0.3) is 0 Å². The highest BCUT2D eigenvalue weighted by Gasteiger charge is 2.24. The van der Waals surface area contributed by atoms with E-state index >= 15 is 0 Å². The minimum Gasteiger partial charge on any atom is -0.466 e. The molecule has 1 rings (SSSR count). The molecule has 0 radical (unpaired) electrons. The van der Waals surface area contributed by atoms with Gasteiger partial charge in [0.2, 0.25) is 0 Å². The van der Waals surface area contributed by atoms with Crippen LogP contribution < -0.4 is 5.32 Å². The maximum absolute atomic E-state index is 11.3. The average molecular weight is 215 g/mol. The van der Waals surface area contributed by atoms with Crippen LogP contribution in [0.15, 0.2) is 0 Å². The van der Waals surface area contributed by atoms with Gasteiger partial charge in [-0.3, -0.25) is 4.79 Å². The van der Waals surface area contributed by atoms with Crippen molar-refractivity contribution in [2.45, 2.75) is 45.3 Å². The van der Waals surface area contributed by atoms with Crippen molar-refractivity contribution < 1.29 is 19.1 Å². The maximum atomic E-state index is 11.3. The maximum Gasteiger partial charge on any atom is 0.407 e. The molecular formula is C10H17NO4. The van der Waals surface area contributed by atoms with E-state index in [1.54, 1.807) is 20.8 Å². The number of rotatable bonds is 1. The van der Waals surface area contributed by atoms with E-state index in [4.69, 9.17) is 9.47 Å². The van der Waals surface area contributed by atoms with Gasteiger partial charge in [0.1, 0.15) is 5.60 Å². The molecule has 86 valence electrons. The third-order valence-corrected chi connectivity index (χ3v) is 1.86.